The van der Waals surface area contributed by atoms with Crippen molar-refractivity contribution < 1.29 is 14.0 Å². The van der Waals surface area contributed by atoms with Gasteiger partial charge in [-0.3, -0.25) is 4.79 Å². The number of hydrogen-bond donors (Lipinski definition) is 0. The van der Waals surface area contributed by atoms with Gasteiger partial charge in [-0.2, -0.15) is 0 Å². The first-order valence-electron chi connectivity index (χ1n) is 8.65. The van der Waals surface area contributed by atoms with Gasteiger partial charge >= 0.3 is 0 Å². The van der Waals surface area contributed by atoms with Crippen LogP contribution in [0.1, 0.15) is 34.1 Å². The number of carbonyl (C=O) groups is 1. The van der Waals surface area contributed by atoms with Gasteiger partial charge in [-0.15, -0.1) is 11.8 Å². The number of ether oxygens (including phenoxy) is 1. The van der Waals surface area contributed by atoms with Crippen molar-refractivity contribution in [3.05, 3.63) is 30.3 Å². The molecule has 1 saturated carbocycles. The Morgan fingerprint density at radius 2 is 1.88 bits per heavy atom. The zero-order valence-corrected chi connectivity index (χ0v) is 17.3. The third kappa shape index (κ3) is 3.36. The van der Waals surface area contributed by atoms with Crippen molar-refractivity contribution in [2.24, 2.45) is 0 Å². The molecule has 1 aromatic carbocycles. The Bertz CT molecular complexity index is 625. The molecule has 1 aliphatic heterocycles. The van der Waals surface area contributed by atoms with Gasteiger partial charge in [0, 0.05) is 4.90 Å². The van der Waals surface area contributed by atoms with Crippen LogP contribution in [0.15, 0.2) is 35.2 Å². The van der Waals surface area contributed by atoms with E-state index in [9.17, 15) is 4.79 Å². The summed E-state index contributed by atoms with van der Waals surface area (Å²) in [7, 11) is -1.88. The molecule has 0 spiro atoms. The second-order valence-electron chi connectivity index (χ2n) is 8.65. The molecule has 4 atom stereocenters. The summed E-state index contributed by atoms with van der Waals surface area (Å²) in [5.41, 5.74) is 0. The normalized spacial score (nSPS) is 33.2. The van der Waals surface area contributed by atoms with Crippen LogP contribution in [0, 0.1) is 0 Å². The SMILES string of the molecule is CC(C)(C)[Si](C)(C)O[C@H]1C[C@@](C)(Sc2ccccc2)C(=O)[C@@H]2O[C@H]12. The fraction of sp³-hybridized carbons (Fsp3) is 0.632. The molecule has 1 aromatic rings. The van der Waals surface area contributed by atoms with Crippen molar-refractivity contribution in [3.8, 4) is 0 Å². The Morgan fingerprint density at radius 3 is 2.46 bits per heavy atom. The summed E-state index contributed by atoms with van der Waals surface area (Å²) in [5.74, 6) is 0.219. The molecule has 0 aromatic heterocycles. The molecule has 0 bridgehead atoms. The number of hydrogen-bond acceptors (Lipinski definition) is 4. The molecule has 2 fully saturated rings. The van der Waals surface area contributed by atoms with Crippen LogP contribution in [0.5, 0.6) is 0 Å². The predicted molar refractivity (Wildman–Crippen MR) is 101 cm³/mol. The van der Waals surface area contributed by atoms with Crippen LogP contribution in [0.25, 0.3) is 0 Å². The van der Waals surface area contributed by atoms with Gasteiger partial charge in [0.15, 0.2) is 14.1 Å². The summed E-state index contributed by atoms with van der Waals surface area (Å²) >= 11 is 1.65. The van der Waals surface area contributed by atoms with Gasteiger partial charge < -0.3 is 9.16 Å². The van der Waals surface area contributed by atoms with E-state index in [-0.39, 0.29) is 29.1 Å². The molecule has 24 heavy (non-hydrogen) atoms. The number of carbonyl (C=O) groups excluding carboxylic acids is 1. The molecule has 0 N–H and O–H groups in total. The minimum Gasteiger partial charge on any atom is -0.411 e. The summed E-state index contributed by atoms with van der Waals surface area (Å²) in [6, 6.07) is 10.1. The third-order valence-corrected chi connectivity index (χ3v) is 11.4. The largest absolute Gasteiger partial charge is 0.411 e. The Morgan fingerprint density at radius 1 is 1.25 bits per heavy atom. The zero-order chi connectivity index (χ0) is 17.8. The van der Waals surface area contributed by atoms with E-state index in [0.717, 1.165) is 11.3 Å². The molecular weight excluding hydrogens is 336 g/mol. The monoisotopic (exact) mass is 364 g/mol. The van der Waals surface area contributed by atoms with Crippen LogP contribution in [0.2, 0.25) is 18.1 Å². The Hall–Kier alpha value is -0.623. The quantitative estimate of drug-likeness (QED) is 0.575. The molecule has 0 unspecified atom stereocenters. The topological polar surface area (TPSA) is 38.8 Å². The van der Waals surface area contributed by atoms with Gasteiger partial charge in [0.25, 0.3) is 0 Å². The van der Waals surface area contributed by atoms with E-state index in [0.29, 0.717) is 0 Å². The first-order valence-corrected chi connectivity index (χ1v) is 12.4. The summed E-state index contributed by atoms with van der Waals surface area (Å²) in [5, 5.41) is 0.155. The molecule has 5 heteroatoms. The van der Waals surface area contributed by atoms with Crippen molar-refractivity contribution in [1.82, 2.24) is 0 Å². The fourth-order valence-electron chi connectivity index (χ4n) is 3.02. The van der Waals surface area contributed by atoms with Crippen molar-refractivity contribution in [2.45, 2.75) is 80.2 Å². The summed E-state index contributed by atoms with van der Waals surface area (Å²) in [6.45, 7) is 13.3. The van der Waals surface area contributed by atoms with Gasteiger partial charge in [-0.25, -0.2) is 0 Å². The van der Waals surface area contributed by atoms with E-state index >= 15 is 0 Å². The molecule has 132 valence electrons. The van der Waals surface area contributed by atoms with Gasteiger partial charge in [0.2, 0.25) is 0 Å². The maximum absolute atomic E-state index is 12.8. The Kier molecular flexibility index (Phi) is 4.52. The highest BCUT2D eigenvalue weighted by Gasteiger charge is 2.62. The zero-order valence-electron chi connectivity index (χ0n) is 15.5. The van der Waals surface area contributed by atoms with E-state index in [1.807, 2.05) is 25.1 Å². The van der Waals surface area contributed by atoms with E-state index in [1.54, 1.807) is 11.8 Å². The lowest BCUT2D eigenvalue weighted by Gasteiger charge is -2.42. The number of thioether (sulfide) groups is 1. The second-order valence-corrected chi connectivity index (χ2v) is 15.0. The maximum atomic E-state index is 12.8. The lowest BCUT2D eigenvalue weighted by molar-refractivity contribution is -0.123. The highest BCUT2D eigenvalue weighted by atomic mass is 32.2. The average molecular weight is 365 g/mol. The van der Waals surface area contributed by atoms with Gasteiger partial charge in [-0.1, -0.05) is 39.0 Å². The third-order valence-electron chi connectivity index (χ3n) is 5.60. The van der Waals surface area contributed by atoms with Crippen LogP contribution in [-0.4, -0.2) is 37.2 Å². The van der Waals surface area contributed by atoms with Crippen LogP contribution >= 0.6 is 11.8 Å². The fourth-order valence-corrected chi connectivity index (χ4v) is 5.63. The molecular formula is C19H28O3SSi. The highest BCUT2D eigenvalue weighted by molar-refractivity contribution is 8.01. The van der Waals surface area contributed by atoms with Crippen LogP contribution in [0.4, 0.5) is 0 Å². The first kappa shape index (κ1) is 18.2. The molecule has 2 aliphatic rings. The molecule has 1 heterocycles. The molecule has 1 saturated heterocycles. The van der Waals surface area contributed by atoms with Crippen molar-refractivity contribution in [2.75, 3.05) is 0 Å². The first-order chi connectivity index (χ1) is 11.0. The maximum Gasteiger partial charge on any atom is 0.192 e. The van der Waals surface area contributed by atoms with Gasteiger partial charge in [0.05, 0.1) is 10.9 Å². The Balaban J connectivity index is 1.79. The van der Waals surface area contributed by atoms with Gasteiger partial charge in [-0.05, 0) is 43.6 Å². The Labute approximate surface area is 150 Å². The second kappa shape index (κ2) is 5.97. The molecule has 0 amide bonds. The molecule has 1 aliphatic carbocycles. The van der Waals surface area contributed by atoms with Gasteiger partial charge in [0.1, 0.15) is 12.2 Å². The molecule has 3 rings (SSSR count). The number of Topliss-reactive ketones (excluding diaryl/α,β-unsaturated/α-hetero) is 1. The van der Waals surface area contributed by atoms with Crippen molar-refractivity contribution >= 4 is 25.9 Å². The summed E-state index contributed by atoms with van der Waals surface area (Å²) in [4.78, 5) is 13.9. The minimum atomic E-state index is -1.88. The highest BCUT2D eigenvalue weighted by Crippen LogP contribution is 2.50. The standard InChI is InChI=1S/C19H28O3SSi/c1-18(2,3)24(5,6)22-14-12-19(4,17(20)16-15(14)21-16)23-13-10-8-7-9-11-13/h7-11,14-16H,12H2,1-6H3/t14-,15+,16+,19+/m0/s1. The number of ketones is 1. The lowest BCUT2D eigenvalue weighted by atomic mass is 9.86. The van der Waals surface area contributed by atoms with E-state index in [2.05, 4.69) is 46.0 Å². The van der Waals surface area contributed by atoms with E-state index in [4.69, 9.17) is 9.16 Å². The van der Waals surface area contributed by atoms with E-state index < -0.39 is 13.1 Å². The summed E-state index contributed by atoms with van der Waals surface area (Å²) < 4.78 is 11.9. The smallest absolute Gasteiger partial charge is 0.192 e. The predicted octanol–water partition coefficient (Wildman–Crippen LogP) is 4.67. The number of fused-ring (bicyclic) bond motifs is 1. The van der Waals surface area contributed by atoms with Crippen molar-refractivity contribution in [3.63, 3.8) is 0 Å². The number of benzene rings is 1. The lowest BCUT2D eigenvalue weighted by Crippen LogP contribution is -2.52. The number of rotatable bonds is 4. The molecule has 0 radical (unpaired) electrons. The van der Waals surface area contributed by atoms with Crippen molar-refractivity contribution in [1.29, 1.82) is 0 Å². The minimum absolute atomic E-state index is 0.0230. The number of epoxide rings is 1. The van der Waals surface area contributed by atoms with E-state index in [1.165, 1.54) is 0 Å². The summed E-state index contributed by atoms with van der Waals surface area (Å²) in [6.07, 6.45) is 0.444. The van der Waals surface area contributed by atoms with Crippen LogP contribution in [-0.2, 0) is 14.0 Å². The van der Waals surface area contributed by atoms with Crippen LogP contribution in [0.3, 0.4) is 0 Å². The average Bonchev–Trinajstić information content (AvgIpc) is 3.25. The van der Waals surface area contributed by atoms with Crippen LogP contribution < -0.4 is 0 Å². The molecule has 3 nitrogen and oxygen atoms in total.